The van der Waals surface area contributed by atoms with Gasteiger partial charge in [-0.25, -0.2) is 9.59 Å². The van der Waals surface area contributed by atoms with E-state index in [4.69, 9.17) is 14.4 Å². The number of para-hydroxylation sites is 1. The molecule has 22 heavy (non-hydrogen) atoms. The van der Waals surface area contributed by atoms with Crippen LogP contribution in [0.1, 0.15) is 21.7 Å². The highest BCUT2D eigenvalue weighted by molar-refractivity contribution is 5.97. The van der Waals surface area contributed by atoms with E-state index < -0.39 is 12.1 Å². The molecule has 7 nitrogen and oxygen atoms in total. The molecule has 112 valence electrons. The third kappa shape index (κ3) is 3.07. The fourth-order valence-corrected chi connectivity index (χ4v) is 1.80. The molecule has 0 unspecified atom stereocenters. The van der Waals surface area contributed by atoms with E-state index in [0.717, 1.165) is 0 Å². The topological polar surface area (TPSA) is 102 Å². The first kappa shape index (κ1) is 15.1. The lowest BCUT2D eigenvalue weighted by Gasteiger charge is -2.04. The number of ether oxygens (including phenoxy) is 2. The molecule has 0 aliphatic rings. The Morgan fingerprint density at radius 3 is 2.55 bits per heavy atom. The van der Waals surface area contributed by atoms with Crippen molar-refractivity contribution in [3.8, 4) is 11.8 Å². The van der Waals surface area contributed by atoms with Gasteiger partial charge in [0.2, 0.25) is 5.88 Å². The smallest absolute Gasteiger partial charge is 0.419 e. The molecule has 1 N–H and O–H groups in total. The second-order valence-electron chi connectivity index (χ2n) is 4.17. The summed E-state index contributed by atoms with van der Waals surface area (Å²) in [6, 6.07) is 10.2. The number of methoxy groups -OCH3 is 1. The number of amides is 1. The van der Waals surface area contributed by atoms with Gasteiger partial charge in [-0.15, -0.1) is 0 Å². The van der Waals surface area contributed by atoms with E-state index in [-0.39, 0.29) is 22.8 Å². The standard InChI is InChI=1S/C15H12N2O5/c1-9-12(14(18)20-2)11(8-16)13(21-9)17-15(19)22-10-6-4-3-5-7-10/h3-7H,1-2H3,(H,17,19). The molecule has 0 fully saturated rings. The summed E-state index contributed by atoms with van der Waals surface area (Å²) in [5, 5.41) is 11.4. The Balaban J connectivity index is 2.22. The number of furan rings is 1. The summed E-state index contributed by atoms with van der Waals surface area (Å²) in [6.45, 7) is 1.49. The van der Waals surface area contributed by atoms with Crippen LogP contribution >= 0.6 is 0 Å². The number of nitrogens with zero attached hydrogens (tertiary/aromatic N) is 1. The maximum atomic E-state index is 11.8. The summed E-state index contributed by atoms with van der Waals surface area (Å²) >= 11 is 0. The van der Waals surface area contributed by atoms with Gasteiger partial charge in [0.05, 0.1) is 7.11 Å². The molecule has 0 aliphatic carbocycles. The largest absolute Gasteiger partial charge is 0.465 e. The van der Waals surface area contributed by atoms with Crippen LogP contribution in [0, 0.1) is 18.3 Å². The average molecular weight is 300 g/mol. The van der Waals surface area contributed by atoms with E-state index in [0.29, 0.717) is 5.75 Å². The van der Waals surface area contributed by atoms with Gasteiger partial charge in [-0.05, 0) is 19.1 Å². The van der Waals surface area contributed by atoms with Crippen LogP contribution in [-0.4, -0.2) is 19.2 Å². The van der Waals surface area contributed by atoms with Crippen molar-refractivity contribution in [1.29, 1.82) is 5.26 Å². The van der Waals surface area contributed by atoms with E-state index in [1.54, 1.807) is 36.4 Å². The summed E-state index contributed by atoms with van der Waals surface area (Å²) in [7, 11) is 1.19. The molecule has 0 radical (unpaired) electrons. The van der Waals surface area contributed by atoms with Crippen LogP contribution in [0.5, 0.6) is 5.75 Å². The minimum Gasteiger partial charge on any atom is -0.465 e. The van der Waals surface area contributed by atoms with Crippen LogP contribution in [0.4, 0.5) is 10.7 Å². The quantitative estimate of drug-likeness (QED) is 0.874. The highest BCUT2D eigenvalue weighted by atomic mass is 16.6. The lowest BCUT2D eigenvalue weighted by atomic mass is 10.1. The first-order valence-electron chi connectivity index (χ1n) is 6.22. The SMILES string of the molecule is COC(=O)c1c(C)oc(NC(=O)Oc2ccccc2)c1C#N. The number of hydrogen-bond acceptors (Lipinski definition) is 6. The van der Waals surface area contributed by atoms with E-state index in [1.807, 2.05) is 0 Å². The van der Waals surface area contributed by atoms with Gasteiger partial charge in [0, 0.05) is 0 Å². The van der Waals surface area contributed by atoms with Gasteiger partial charge in [0.15, 0.2) is 0 Å². The molecular weight excluding hydrogens is 288 g/mol. The number of aryl methyl sites for hydroxylation is 1. The Hall–Kier alpha value is -3.27. The number of nitrogens with one attached hydrogen (secondary N) is 1. The summed E-state index contributed by atoms with van der Waals surface area (Å²) in [5.41, 5.74) is -0.144. The highest BCUT2D eigenvalue weighted by Gasteiger charge is 2.25. The average Bonchev–Trinajstić information content (AvgIpc) is 2.82. The highest BCUT2D eigenvalue weighted by Crippen LogP contribution is 2.27. The van der Waals surface area contributed by atoms with Gasteiger partial charge < -0.3 is 13.9 Å². The Kier molecular flexibility index (Phi) is 4.44. The van der Waals surface area contributed by atoms with E-state index in [2.05, 4.69) is 10.1 Å². The molecule has 1 aromatic carbocycles. The number of esters is 1. The number of benzene rings is 1. The summed E-state index contributed by atoms with van der Waals surface area (Å²) in [5.74, 6) is -0.392. The zero-order chi connectivity index (χ0) is 16.1. The number of carbonyl (C=O) groups is 2. The minimum atomic E-state index is -0.840. The molecule has 2 rings (SSSR count). The van der Waals surface area contributed by atoms with Crippen LogP contribution in [0.2, 0.25) is 0 Å². The van der Waals surface area contributed by atoms with Gasteiger partial charge in [-0.3, -0.25) is 5.32 Å². The Morgan fingerprint density at radius 2 is 1.95 bits per heavy atom. The van der Waals surface area contributed by atoms with Crippen molar-refractivity contribution in [3.63, 3.8) is 0 Å². The monoisotopic (exact) mass is 300 g/mol. The second-order valence-corrected chi connectivity index (χ2v) is 4.17. The van der Waals surface area contributed by atoms with E-state index >= 15 is 0 Å². The van der Waals surface area contributed by atoms with Crippen LogP contribution in [0.3, 0.4) is 0 Å². The molecular formula is C15H12N2O5. The Bertz CT molecular complexity index is 743. The Morgan fingerprint density at radius 1 is 1.27 bits per heavy atom. The van der Waals surface area contributed by atoms with Gasteiger partial charge in [0.25, 0.3) is 0 Å². The zero-order valence-corrected chi connectivity index (χ0v) is 11.9. The number of rotatable bonds is 3. The van der Waals surface area contributed by atoms with Crippen molar-refractivity contribution in [2.75, 3.05) is 12.4 Å². The van der Waals surface area contributed by atoms with Gasteiger partial charge in [-0.1, -0.05) is 18.2 Å². The van der Waals surface area contributed by atoms with Crippen LogP contribution in [0.25, 0.3) is 0 Å². The van der Waals surface area contributed by atoms with Gasteiger partial charge in [-0.2, -0.15) is 5.26 Å². The lowest BCUT2D eigenvalue weighted by molar-refractivity contribution is 0.0598. The summed E-state index contributed by atoms with van der Waals surface area (Å²) in [6.07, 6.45) is -0.840. The van der Waals surface area contributed by atoms with Crippen LogP contribution < -0.4 is 10.1 Å². The number of anilines is 1. The predicted octanol–water partition coefficient (Wildman–Crippen LogP) is 2.86. The summed E-state index contributed by atoms with van der Waals surface area (Å²) in [4.78, 5) is 23.4. The molecule has 2 aromatic rings. The van der Waals surface area contributed by atoms with Gasteiger partial charge >= 0.3 is 12.1 Å². The summed E-state index contributed by atoms with van der Waals surface area (Å²) < 4.78 is 14.8. The molecule has 1 amide bonds. The van der Waals surface area contributed by atoms with E-state index in [9.17, 15) is 9.59 Å². The molecule has 0 spiro atoms. The molecule has 0 saturated heterocycles. The van der Waals surface area contributed by atoms with Crippen molar-refractivity contribution < 1.29 is 23.5 Å². The molecule has 0 saturated carbocycles. The molecule has 7 heteroatoms. The van der Waals surface area contributed by atoms with Crippen LogP contribution in [-0.2, 0) is 4.74 Å². The maximum absolute atomic E-state index is 11.8. The van der Waals surface area contributed by atoms with E-state index in [1.165, 1.54) is 14.0 Å². The molecule has 1 heterocycles. The second kappa shape index (κ2) is 6.45. The number of hydrogen-bond donors (Lipinski definition) is 1. The zero-order valence-electron chi connectivity index (χ0n) is 11.9. The minimum absolute atomic E-state index is 0.0278. The predicted molar refractivity (Wildman–Crippen MR) is 75.6 cm³/mol. The number of carbonyl (C=O) groups excluding carboxylic acids is 2. The van der Waals surface area contributed by atoms with Crippen molar-refractivity contribution in [2.24, 2.45) is 0 Å². The first-order chi connectivity index (χ1) is 10.6. The molecule has 0 bridgehead atoms. The third-order valence-corrected chi connectivity index (χ3v) is 2.75. The lowest BCUT2D eigenvalue weighted by Crippen LogP contribution is -2.17. The van der Waals surface area contributed by atoms with Crippen LogP contribution in [0.15, 0.2) is 34.7 Å². The fourth-order valence-electron chi connectivity index (χ4n) is 1.80. The first-order valence-corrected chi connectivity index (χ1v) is 6.22. The molecule has 0 atom stereocenters. The molecule has 0 aliphatic heterocycles. The van der Waals surface area contributed by atoms with Crippen molar-refractivity contribution in [3.05, 3.63) is 47.2 Å². The fraction of sp³-hybridized carbons (Fsp3) is 0.133. The van der Waals surface area contributed by atoms with Crippen molar-refractivity contribution >= 4 is 17.9 Å². The Labute approximate surface area is 126 Å². The maximum Gasteiger partial charge on any atom is 0.419 e. The number of nitriles is 1. The molecule has 1 aromatic heterocycles. The van der Waals surface area contributed by atoms with Crippen molar-refractivity contribution in [1.82, 2.24) is 0 Å². The van der Waals surface area contributed by atoms with Crippen molar-refractivity contribution in [2.45, 2.75) is 6.92 Å². The normalized spacial score (nSPS) is 9.68. The van der Waals surface area contributed by atoms with Gasteiger partial charge in [0.1, 0.15) is 28.7 Å². The third-order valence-electron chi connectivity index (χ3n) is 2.75.